The summed E-state index contributed by atoms with van der Waals surface area (Å²) in [6.45, 7) is 2.04. The molecule has 2 heterocycles. The standard InChI is InChI=1S/C11H10Br2OS2/c1-6-2-10(16-11(6)13)9(14)4-8-3-7(12)5-15-8/h2-3,5,9,14H,4H2,1H3. The first-order valence-electron chi connectivity index (χ1n) is 4.73. The third-order valence-corrected chi connectivity index (χ3v) is 6.18. The number of rotatable bonds is 3. The Balaban J connectivity index is 2.11. The monoisotopic (exact) mass is 380 g/mol. The molecular weight excluding hydrogens is 372 g/mol. The van der Waals surface area contributed by atoms with Gasteiger partial charge in [-0.05, 0) is 56.5 Å². The zero-order valence-corrected chi connectivity index (χ0v) is 13.3. The predicted octanol–water partition coefficient (Wildman–Crippen LogP) is 4.92. The van der Waals surface area contributed by atoms with E-state index in [4.69, 9.17) is 0 Å². The Labute approximate surface area is 119 Å². The lowest BCUT2D eigenvalue weighted by Gasteiger charge is -2.05. The highest BCUT2D eigenvalue weighted by Crippen LogP contribution is 2.33. The normalized spacial score (nSPS) is 13.0. The Hall–Kier alpha value is 0.320. The van der Waals surface area contributed by atoms with Crippen LogP contribution in [-0.2, 0) is 6.42 Å². The molecular formula is C11H10Br2OS2. The van der Waals surface area contributed by atoms with Gasteiger partial charge in [0.2, 0.25) is 0 Å². The van der Waals surface area contributed by atoms with Crippen LogP contribution in [0.2, 0.25) is 0 Å². The van der Waals surface area contributed by atoms with Crippen molar-refractivity contribution in [3.05, 3.63) is 41.1 Å². The molecule has 0 radical (unpaired) electrons. The van der Waals surface area contributed by atoms with E-state index in [1.165, 1.54) is 10.4 Å². The van der Waals surface area contributed by atoms with Crippen molar-refractivity contribution < 1.29 is 5.11 Å². The van der Waals surface area contributed by atoms with Crippen LogP contribution in [0, 0.1) is 6.92 Å². The van der Waals surface area contributed by atoms with Crippen LogP contribution in [0.3, 0.4) is 0 Å². The molecule has 0 aliphatic carbocycles. The highest BCUT2D eigenvalue weighted by atomic mass is 79.9. The second-order valence-electron chi connectivity index (χ2n) is 3.56. The van der Waals surface area contributed by atoms with Crippen LogP contribution in [0.25, 0.3) is 0 Å². The van der Waals surface area contributed by atoms with Gasteiger partial charge in [-0.1, -0.05) is 0 Å². The van der Waals surface area contributed by atoms with Gasteiger partial charge < -0.3 is 5.11 Å². The van der Waals surface area contributed by atoms with Gasteiger partial charge in [-0.3, -0.25) is 0 Å². The molecule has 0 aliphatic rings. The van der Waals surface area contributed by atoms with Gasteiger partial charge in [-0.15, -0.1) is 22.7 Å². The molecule has 0 bridgehead atoms. The van der Waals surface area contributed by atoms with Crippen molar-refractivity contribution in [2.45, 2.75) is 19.4 Å². The van der Waals surface area contributed by atoms with Crippen LogP contribution in [-0.4, -0.2) is 5.11 Å². The molecule has 0 saturated carbocycles. The average Bonchev–Trinajstić information content (AvgIpc) is 2.75. The molecule has 16 heavy (non-hydrogen) atoms. The van der Waals surface area contributed by atoms with Crippen molar-refractivity contribution in [3.8, 4) is 0 Å². The Bertz CT molecular complexity index is 470. The maximum absolute atomic E-state index is 10.1. The first kappa shape index (κ1) is 12.8. The maximum atomic E-state index is 10.1. The van der Waals surface area contributed by atoms with E-state index < -0.39 is 6.10 Å². The summed E-state index contributed by atoms with van der Waals surface area (Å²) < 4.78 is 2.19. The minimum Gasteiger partial charge on any atom is -0.387 e. The molecule has 0 aliphatic heterocycles. The van der Waals surface area contributed by atoms with Crippen LogP contribution in [0.5, 0.6) is 0 Å². The Kier molecular flexibility index (Phi) is 4.24. The van der Waals surface area contributed by atoms with Crippen LogP contribution >= 0.6 is 54.5 Å². The molecule has 1 atom stereocenters. The van der Waals surface area contributed by atoms with Gasteiger partial charge >= 0.3 is 0 Å². The van der Waals surface area contributed by atoms with Gasteiger partial charge in [0.1, 0.15) is 0 Å². The van der Waals surface area contributed by atoms with Gasteiger partial charge in [0, 0.05) is 26.0 Å². The summed E-state index contributed by atoms with van der Waals surface area (Å²) in [4.78, 5) is 2.22. The van der Waals surface area contributed by atoms with Gasteiger partial charge in [-0.25, -0.2) is 0 Å². The smallest absolute Gasteiger partial charge is 0.0930 e. The maximum Gasteiger partial charge on any atom is 0.0930 e. The van der Waals surface area contributed by atoms with Crippen molar-refractivity contribution in [2.75, 3.05) is 0 Å². The third-order valence-electron chi connectivity index (χ3n) is 2.22. The van der Waals surface area contributed by atoms with E-state index in [9.17, 15) is 5.11 Å². The minimum absolute atomic E-state index is 0.402. The van der Waals surface area contributed by atoms with Gasteiger partial charge in [0.25, 0.3) is 0 Å². The molecule has 2 aromatic rings. The third kappa shape index (κ3) is 2.96. The second kappa shape index (κ2) is 5.31. The summed E-state index contributed by atoms with van der Waals surface area (Å²) in [5, 5.41) is 12.1. The molecule has 0 aromatic carbocycles. The second-order valence-corrected chi connectivity index (χ2v) is 7.87. The zero-order valence-electron chi connectivity index (χ0n) is 8.54. The first-order chi connectivity index (χ1) is 7.56. The molecule has 86 valence electrons. The quantitative estimate of drug-likeness (QED) is 0.799. The Morgan fingerprint density at radius 2 is 2.12 bits per heavy atom. The van der Waals surface area contributed by atoms with Crippen LogP contribution in [0.15, 0.2) is 25.8 Å². The number of aryl methyl sites for hydroxylation is 1. The molecule has 0 amide bonds. The molecule has 1 N–H and O–H groups in total. The molecule has 5 heteroatoms. The topological polar surface area (TPSA) is 20.2 Å². The lowest BCUT2D eigenvalue weighted by molar-refractivity contribution is 0.183. The van der Waals surface area contributed by atoms with Gasteiger partial charge in [0.05, 0.1) is 9.89 Å². The zero-order chi connectivity index (χ0) is 11.7. The summed E-state index contributed by atoms with van der Waals surface area (Å²) in [5.41, 5.74) is 1.19. The van der Waals surface area contributed by atoms with Crippen molar-refractivity contribution in [1.29, 1.82) is 0 Å². The number of halogens is 2. The van der Waals surface area contributed by atoms with Crippen molar-refractivity contribution in [1.82, 2.24) is 0 Å². The predicted molar refractivity (Wildman–Crippen MR) is 77.4 cm³/mol. The largest absolute Gasteiger partial charge is 0.387 e. The summed E-state index contributed by atoms with van der Waals surface area (Å²) >= 11 is 10.2. The van der Waals surface area contributed by atoms with E-state index >= 15 is 0 Å². The van der Waals surface area contributed by atoms with E-state index in [0.29, 0.717) is 6.42 Å². The summed E-state index contributed by atoms with van der Waals surface area (Å²) in [5.74, 6) is 0. The minimum atomic E-state index is -0.402. The van der Waals surface area contributed by atoms with Crippen molar-refractivity contribution in [3.63, 3.8) is 0 Å². The van der Waals surface area contributed by atoms with E-state index in [1.54, 1.807) is 22.7 Å². The molecule has 0 spiro atoms. The molecule has 0 saturated heterocycles. The summed E-state index contributed by atoms with van der Waals surface area (Å²) in [6, 6.07) is 4.10. The molecule has 2 rings (SSSR count). The van der Waals surface area contributed by atoms with Crippen LogP contribution in [0.4, 0.5) is 0 Å². The van der Waals surface area contributed by atoms with E-state index in [0.717, 1.165) is 13.1 Å². The lowest BCUT2D eigenvalue weighted by atomic mass is 10.2. The summed E-state index contributed by atoms with van der Waals surface area (Å²) in [6.07, 6.45) is 0.281. The van der Waals surface area contributed by atoms with Gasteiger partial charge in [0.15, 0.2) is 0 Å². The number of aliphatic hydroxyl groups excluding tert-OH is 1. The fourth-order valence-corrected chi connectivity index (χ4v) is 4.45. The number of aliphatic hydroxyl groups is 1. The first-order valence-corrected chi connectivity index (χ1v) is 8.01. The Morgan fingerprint density at radius 3 is 2.62 bits per heavy atom. The van der Waals surface area contributed by atoms with Crippen LogP contribution in [0.1, 0.15) is 21.4 Å². The molecule has 1 nitrogen and oxygen atoms in total. The SMILES string of the molecule is Cc1cc(C(O)Cc2cc(Br)cs2)sc1Br. The van der Waals surface area contributed by atoms with E-state index in [2.05, 4.69) is 37.9 Å². The average molecular weight is 382 g/mol. The lowest BCUT2D eigenvalue weighted by Crippen LogP contribution is -1.97. The fourth-order valence-electron chi connectivity index (χ4n) is 1.40. The van der Waals surface area contributed by atoms with E-state index in [1.807, 2.05) is 18.4 Å². The number of hydrogen-bond donors (Lipinski definition) is 1. The highest BCUT2D eigenvalue weighted by Gasteiger charge is 2.13. The number of thiophene rings is 2. The van der Waals surface area contributed by atoms with Crippen LogP contribution < -0.4 is 0 Å². The van der Waals surface area contributed by atoms with Crippen molar-refractivity contribution in [2.24, 2.45) is 0 Å². The molecule has 0 fully saturated rings. The number of hydrogen-bond acceptors (Lipinski definition) is 3. The molecule has 1 unspecified atom stereocenters. The van der Waals surface area contributed by atoms with Crippen molar-refractivity contribution >= 4 is 54.5 Å². The summed E-state index contributed by atoms with van der Waals surface area (Å²) in [7, 11) is 0. The highest BCUT2D eigenvalue weighted by molar-refractivity contribution is 9.11. The Morgan fingerprint density at radius 1 is 1.38 bits per heavy atom. The molecule has 2 aromatic heterocycles. The van der Waals surface area contributed by atoms with E-state index in [-0.39, 0.29) is 0 Å². The van der Waals surface area contributed by atoms with Gasteiger partial charge in [-0.2, -0.15) is 0 Å². The fraction of sp³-hybridized carbons (Fsp3) is 0.273.